The van der Waals surface area contributed by atoms with Crippen molar-refractivity contribution >= 4 is 11.6 Å². The highest BCUT2D eigenvalue weighted by Gasteiger charge is 2.24. The fourth-order valence-corrected chi connectivity index (χ4v) is 3.45. The van der Waals surface area contributed by atoms with Gasteiger partial charge in [-0.05, 0) is 49.1 Å². The topological polar surface area (TPSA) is 48.9 Å². The predicted octanol–water partition coefficient (Wildman–Crippen LogP) is 3.42. The third-order valence-corrected chi connectivity index (χ3v) is 4.95. The van der Waals surface area contributed by atoms with Crippen molar-refractivity contribution in [1.82, 2.24) is 10.6 Å². The molecule has 0 aromatic heterocycles. The summed E-state index contributed by atoms with van der Waals surface area (Å²) in [5, 5.41) is 6.73. The van der Waals surface area contributed by atoms with Crippen LogP contribution >= 0.6 is 0 Å². The lowest BCUT2D eigenvalue weighted by Gasteiger charge is -2.21. The average Bonchev–Trinajstić information content (AvgIpc) is 3.20. The van der Waals surface area contributed by atoms with Crippen LogP contribution in [-0.2, 0) is 6.54 Å². The zero-order chi connectivity index (χ0) is 19.8. The van der Waals surface area contributed by atoms with E-state index in [1.807, 2.05) is 19.1 Å². The van der Waals surface area contributed by atoms with Crippen molar-refractivity contribution in [2.75, 3.05) is 38.2 Å². The molecule has 0 amide bonds. The van der Waals surface area contributed by atoms with Gasteiger partial charge in [0.05, 0.1) is 19.3 Å². The second-order valence-corrected chi connectivity index (χ2v) is 6.98. The number of nitrogens with zero attached hydrogens (tertiary/aromatic N) is 2. The monoisotopic (exact) mass is 384 g/mol. The van der Waals surface area contributed by atoms with Crippen LogP contribution in [0.4, 0.5) is 10.1 Å². The summed E-state index contributed by atoms with van der Waals surface area (Å²) in [7, 11) is 1.72. The molecule has 1 aliphatic rings. The van der Waals surface area contributed by atoms with Gasteiger partial charge in [0.15, 0.2) is 5.96 Å². The lowest BCUT2D eigenvalue weighted by Crippen LogP contribution is -2.40. The Balaban J connectivity index is 1.54. The largest absolute Gasteiger partial charge is 0.495 e. The number of anilines is 1. The number of halogens is 1. The molecule has 2 N–H and O–H groups in total. The molecular weight excluding hydrogens is 355 g/mol. The van der Waals surface area contributed by atoms with Gasteiger partial charge in [0, 0.05) is 26.2 Å². The number of hydrogen-bond donors (Lipinski definition) is 2. The Morgan fingerprint density at radius 3 is 2.71 bits per heavy atom. The van der Waals surface area contributed by atoms with Crippen molar-refractivity contribution in [3.8, 4) is 5.75 Å². The number of aliphatic imine (C=N–C) groups is 1. The molecule has 1 unspecified atom stereocenters. The Bertz CT molecular complexity index is 778. The second kappa shape index (κ2) is 9.97. The third-order valence-electron chi connectivity index (χ3n) is 4.95. The fourth-order valence-electron chi connectivity index (χ4n) is 3.45. The summed E-state index contributed by atoms with van der Waals surface area (Å²) >= 11 is 0. The lowest BCUT2D eigenvalue weighted by molar-refractivity contribution is 0.414. The van der Waals surface area contributed by atoms with E-state index in [1.165, 1.54) is 12.1 Å². The minimum atomic E-state index is -0.224. The molecule has 1 heterocycles. The van der Waals surface area contributed by atoms with Crippen LogP contribution in [-0.4, -0.2) is 39.2 Å². The van der Waals surface area contributed by atoms with E-state index in [2.05, 4.69) is 32.7 Å². The molecule has 1 aliphatic heterocycles. The van der Waals surface area contributed by atoms with Crippen molar-refractivity contribution < 1.29 is 9.13 Å². The van der Waals surface area contributed by atoms with Crippen LogP contribution in [0.25, 0.3) is 0 Å². The molecule has 5 nitrogen and oxygen atoms in total. The van der Waals surface area contributed by atoms with Crippen molar-refractivity contribution in [3.63, 3.8) is 0 Å². The van der Waals surface area contributed by atoms with Crippen molar-refractivity contribution in [1.29, 1.82) is 0 Å². The van der Waals surface area contributed by atoms with Gasteiger partial charge < -0.3 is 20.3 Å². The van der Waals surface area contributed by atoms with E-state index in [0.717, 1.165) is 55.6 Å². The maximum absolute atomic E-state index is 13.0. The summed E-state index contributed by atoms with van der Waals surface area (Å²) in [5.41, 5.74) is 2.14. The van der Waals surface area contributed by atoms with E-state index in [9.17, 15) is 4.39 Å². The molecule has 0 spiro atoms. The highest BCUT2D eigenvalue weighted by Crippen LogP contribution is 2.31. The zero-order valence-corrected chi connectivity index (χ0v) is 16.6. The number of methoxy groups -OCH3 is 1. The standard InChI is InChI=1S/C22H29FN4O/c1-3-24-22(25-14-17-8-10-19(23)11-9-17)26-15-18-12-13-27(16-18)20-6-4-5-7-21(20)28-2/h4-11,18H,3,12-16H2,1-2H3,(H2,24,25,26). The van der Waals surface area contributed by atoms with Gasteiger partial charge in [0.1, 0.15) is 11.6 Å². The second-order valence-electron chi connectivity index (χ2n) is 6.98. The maximum atomic E-state index is 13.0. The van der Waals surface area contributed by atoms with Gasteiger partial charge in [0.2, 0.25) is 0 Å². The van der Waals surface area contributed by atoms with E-state index in [0.29, 0.717) is 12.5 Å². The van der Waals surface area contributed by atoms with Gasteiger partial charge in [-0.2, -0.15) is 0 Å². The van der Waals surface area contributed by atoms with Gasteiger partial charge in [-0.1, -0.05) is 24.3 Å². The fraction of sp³-hybridized carbons (Fsp3) is 0.409. The molecule has 1 atom stereocenters. The molecule has 6 heteroatoms. The van der Waals surface area contributed by atoms with Gasteiger partial charge in [-0.3, -0.25) is 0 Å². The molecule has 1 fully saturated rings. The van der Waals surface area contributed by atoms with Gasteiger partial charge in [0.25, 0.3) is 0 Å². The first-order valence-corrected chi connectivity index (χ1v) is 9.84. The third kappa shape index (κ3) is 5.38. The van der Waals surface area contributed by atoms with Crippen LogP contribution in [0.15, 0.2) is 53.5 Å². The molecule has 28 heavy (non-hydrogen) atoms. The molecule has 0 bridgehead atoms. The Labute approximate surface area is 166 Å². The van der Waals surface area contributed by atoms with E-state index in [-0.39, 0.29) is 5.82 Å². The molecule has 2 aromatic carbocycles. The molecule has 2 aromatic rings. The quantitative estimate of drug-likeness (QED) is 0.567. The van der Waals surface area contributed by atoms with E-state index >= 15 is 0 Å². The zero-order valence-electron chi connectivity index (χ0n) is 16.6. The highest BCUT2D eigenvalue weighted by molar-refractivity contribution is 5.79. The number of hydrogen-bond acceptors (Lipinski definition) is 3. The van der Waals surface area contributed by atoms with Crippen LogP contribution in [0.5, 0.6) is 5.75 Å². The van der Waals surface area contributed by atoms with E-state index in [4.69, 9.17) is 4.74 Å². The van der Waals surface area contributed by atoms with Crippen molar-refractivity contribution in [2.45, 2.75) is 19.9 Å². The van der Waals surface area contributed by atoms with E-state index in [1.54, 1.807) is 19.2 Å². The summed E-state index contributed by atoms with van der Waals surface area (Å²) in [6.45, 7) is 6.25. The summed E-state index contributed by atoms with van der Waals surface area (Å²) in [6.07, 6.45) is 1.13. The Morgan fingerprint density at radius 1 is 1.18 bits per heavy atom. The number of ether oxygens (including phenoxy) is 1. The normalized spacial score (nSPS) is 16.9. The molecule has 0 radical (unpaired) electrons. The van der Waals surface area contributed by atoms with Crippen LogP contribution < -0.4 is 20.3 Å². The van der Waals surface area contributed by atoms with Crippen molar-refractivity contribution in [2.24, 2.45) is 10.9 Å². The maximum Gasteiger partial charge on any atom is 0.191 e. The van der Waals surface area contributed by atoms with Crippen LogP contribution in [0.3, 0.4) is 0 Å². The number of guanidine groups is 1. The number of nitrogens with one attached hydrogen (secondary N) is 2. The molecule has 150 valence electrons. The SMILES string of the molecule is CCNC(=NCc1ccc(F)cc1)NCC1CCN(c2ccccc2OC)C1. The first-order chi connectivity index (χ1) is 13.7. The molecule has 0 aliphatic carbocycles. The number of rotatable bonds is 7. The summed E-state index contributed by atoms with van der Waals surface area (Å²) < 4.78 is 18.5. The predicted molar refractivity (Wildman–Crippen MR) is 113 cm³/mol. The minimum absolute atomic E-state index is 0.224. The van der Waals surface area contributed by atoms with Crippen molar-refractivity contribution in [3.05, 3.63) is 59.9 Å². The summed E-state index contributed by atoms with van der Waals surface area (Å²) in [5.74, 6) is 2.03. The minimum Gasteiger partial charge on any atom is -0.495 e. The van der Waals surface area contributed by atoms with Crippen LogP contribution in [0.2, 0.25) is 0 Å². The van der Waals surface area contributed by atoms with Gasteiger partial charge in [-0.25, -0.2) is 9.38 Å². The van der Waals surface area contributed by atoms with Gasteiger partial charge >= 0.3 is 0 Å². The first-order valence-electron chi connectivity index (χ1n) is 9.84. The smallest absolute Gasteiger partial charge is 0.191 e. The number of para-hydroxylation sites is 2. The highest BCUT2D eigenvalue weighted by atomic mass is 19.1. The first kappa shape index (κ1) is 20.0. The van der Waals surface area contributed by atoms with Crippen LogP contribution in [0.1, 0.15) is 18.9 Å². The summed E-state index contributed by atoms with van der Waals surface area (Å²) in [4.78, 5) is 7.00. The van der Waals surface area contributed by atoms with Gasteiger partial charge in [-0.15, -0.1) is 0 Å². The lowest BCUT2D eigenvalue weighted by atomic mass is 10.1. The molecule has 0 saturated carbocycles. The Kier molecular flexibility index (Phi) is 7.12. The Hall–Kier alpha value is -2.76. The number of benzene rings is 2. The molecule has 3 rings (SSSR count). The molecule has 1 saturated heterocycles. The van der Waals surface area contributed by atoms with E-state index < -0.39 is 0 Å². The Morgan fingerprint density at radius 2 is 1.96 bits per heavy atom. The van der Waals surface area contributed by atoms with Crippen LogP contribution in [0, 0.1) is 11.7 Å². The molecular formula is C22H29FN4O. The summed E-state index contributed by atoms with van der Waals surface area (Å²) in [6, 6.07) is 14.6. The average molecular weight is 384 g/mol.